The zero-order chi connectivity index (χ0) is 19.4. The van der Waals surface area contributed by atoms with Crippen LogP contribution in [0.3, 0.4) is 0 Å². The molecule has 0 saturated carbocycles. The number of rotatable bonds is 6. The van der Waals surface area contributed by atoms with Gasteiger partial charge in [-0.15, -0.1) is 10.2 Å². The molecule has 1 aromatic heterocycles. The predicted molar refractivity (Wildman–Crippen MR) is 107 cm³/mol. The number of aromatic nitrogens is 2. The number of nitrogens with one attached hydrogen (secondary N) is 2. The molecule has 0 amide bonds. The van der Waals surface area contributed by atoms with Crippen molar-refractivity contribution in [1.82, 2.24) is 10.2 Å². The monoisotopic (exact) mass is 382 g/mol. The average Bonchev–Trinajstić information content (AvgIpc) is 2.66. The van der Waals surface area contributed by atoms with Crippen LogP contribution in [0.1, 0.15) is 29.7 Å². The van der Waals surface area contributed by atoms with E-state index in [-0.39, 0.29) is 16.8 Å². The highest BCUT2D eigenvalue weighted by Gasteiger charge is 2.16. The van der Waals surface area contributed by atoms with Gasteiger partial charge in [0.15, 0.2) is 5.82 Å². The molecule has 2 aromatic carbocycles. The number of anilines is 2. The van der Waals surface area contributed by atoms with Gasteiger partial charge in [0.1, 0.15) is 5.82 Å². The molecule has 3 rings (SSSR count). The Kier molecular flexibility index (Phi) is 5.41. The van der Waals surface area contributed by atoms with Crippen LogP contribution in [0, 0.1) is 13.8 Å². The molecule has 6 nitrogen and oxygen atoms in total. The van der Waals surface area contributed by atoms with Gasteiger partial charge >= 0.3 is 0 Å². The average molecular weight is 382 g/mol. The summed E-state index contributed by atoms with van der Waals surface area (Å²) in [4.78, 5) is 0.201. The molecule has 0 fully saturated rings. The quantitative estimate of drug-likeness (QED) is 0.671. The molecule has 2 N–H and O–H groups in total. The fourth-order valence-corrected chi connectivity index (χ4v) is 3.67. The van der Waals surface area contributed by atoms with Crippen molar-refractivity contribution in [1.29, 1.82) is 0 Å². The van der Waals surface area contributed by atoms with E-state index in [1.807, 2.05) is 51.1 Å². The molecule has 0 spiro atoms. The van der Waals surface area contributed by atoms with Crippen LogP contribution in [0.15, 0.2) is 65.6 Å². The van der Waals surface area contributed by atoms with E-state index in [0.717, 1.165) is 16.7 Å². The Morgan fingerprint density at radius 1 is 0.852 bits per heavy atom. The molecule has 0 bridgehead atoms. The largest absolute Gasteiger partial charge is 0.362 e. The van der Waals surface area contributed by atoms with E-state index in [4.69, 9.17) is 0 Å². The van der Waals surface area contributed by atoms with Crippen LogP contribution in [-0.4, -0.2) is 18.6 Å². The summed E-state index contributed by atoms with van der Waals surface area (Å²) in [6.45, 7) is 5.84. The second kappa shape index (κ2) is 7.75. The molecular weight excluding hydrogens is 360 g/mol. The number of hydrogen-bond acceptors (Lipinski definition) is 5. The van der Waals surface area contributed by atoms with Crippen molar-refractivity contribution in [2.24, 2.45) is 0 Å². The highest BCUT2D eigenvalue weighted by Crippen LogP contribution is 2.20. The Morgan fingerprint density at radius 2 is 1.52 bits per heavy atom. The molecule has 1 unspecified atom stereocenters. The number of sulfonamides is 1. The predicted octanol–water partition coefficient (Wildman–Crippen LogP) is 4.07. The molecule has 0 radical (unpaired) electrons. The third-order valence-electron chi connectivity index (χ3n) is 4.36. The van der Waals surface area contributed by atoms with Crippen molar-refractivity contribution in [2.45, 2.75) is 31.7 Å². The second-order valence-electron chi connectivity index (χ2n) is 6.43. The van der Waals surface area contributed by atoms with Crippen LogP contribution in [-0.2, 0) is 10.0 Å². The lowest BCUT2D eigenvalue weighted by Crippen LogP contribution is -2.15. The van der Waals surface area contributed by atoms with E-state index in [9.17, 15) is 8.42 Å². The van der Waals surface area contributed by atoms with E-state index in [0.29, 0.717) is 5.82 Å². The number of hydrogen-bond donors (Lipinski definition) is 2. The smallest absolute Gasteiger partial charge is 0.263 e. The van der Waals surface area contributed by atoms with Crippen molar-refractivity contribution in [3.05, 3.63) is 77.4 Å². The summed E-state index contributed by atoms with van der Waals surface area (Å²) in [7, 11) is -3.70. The van der Waals surface area contributed by atoms with E-state index in [1.54, 1.807) is 30.3 Å². The van der Waals surface area contributed by atoms with Crippen molar-refractivity contribution in [3.8, 4) is 0 Å². The zero-order valence-corrected chi connectivity index (χ0v) is 16.3. The number of aryl methyl sites for hydroxylation is 2. The molecule has 1 atom stereocenters. The van der Waals surface area contributed by atoms with Crippen LogP contribution in [0.25, 0.3) is 0 Å². The number of nitrogens with zero attached hydrogens (tertiary/aromatic N) is 2. The minimum absolute atomic E-state index is 0.0542. The van der Waals surface area contributed by atoms with Gasteiger partial charge < -0.3 is 5.32 Å². The lowest BCUT2D eigenvalue weighted by Gasteiger charge is -2.14. The molecule has 7 heteroatoms. The minimum atomic E-state index is -3.70. The summed E-state index contributed by atoms with van der Waals surface area (Å²) in [5.74, 6) is 0.742. The maximum atomic E-state index is 12.5. The normalized spacial score (nSPS) is 12.4. The van der Waals surface area contributed by atoms with E-state index >= 15 is 0 Å². The van der Waals surface area contributed by atoms with Crippen molar-refractivity contribution in [2.75, 3.05) is 10.0 Å². The van der Waals surface area contributed by atoms with Crippen LogP contribution < -0.4 is 10.0 Å². The van der Waals surface area contributed by atoms with Gasteiger partial charge in [0.2, 0.25) is 0 Å². The molecule has 0 saturated heterocycles. The molecule has 0 aliphatic heterocycles. The topological polar surface area (TPSA) is 84.0 Å². The van der Waals surface area contributed by atoms with Gasteiger partial charge in [-0.25, -0.2) is 8.42 Å². The highest BCUT2D eigenvalue weighted by molar-refractivity contribution is 7.92. The Balaban J connectivity index is 1.70. The van der Waals surface area contributed by atoms with Gasteiger partial charge in [-0.2, -0.15) is 0 Å². The second-order valence-corrected chi connectivity index (χ2v) is 8.11. The fourth-order valence-electron chi connectivity index (χ4n) is 2.59. The van der Waals surface area contributed by atoms with E-state index in [2.05, 4.69) is 20.2 Å². The third kappa shape index (κ3) is 4.62. The van der Waals surface area contributed by atoms with Crippen LogP contribution in [0.4, 0.5) is 11.6 Å². The third-order valence-corrected chi connectivity index (χ3v) is 5.71. The number of benzene rings is 2. The standard InChI is InChI=1S/C20H22N4O2S/c1-14-9-10-18(13-15(14)2)27(25,26)24-20-12-11-19(22-23-20)21-16(3)17-7-5-4-6-8-17/h4-13,16H,1-3H3,(H,21,22)(H,23,24). The van der Waals surface area contributed by atoms with Crippen LogP contribution >= 0.6 is 0 Å². The molecular formula is C20H22N4O2S. The van der Waals surface area contributed by atoms with Gasteiger partial charge in [0, 0.05) is 6.04 Å². The highest BCUT2D eigenvalue weighted by atomic mass is 32.2. The summed E-state index contributed by atoms with van der Waals surface area (Å²) in [6, 6.07) is 18.3. The molecule has 1 heterocycles. The minimum Gasteiger partial charge on any atom is -0.362 e. The zero-order valence-electron chi connectivity index (χ0n) is 15.5. The first-order valence-electron chi connectivity index (χ1n) is 8.60. The Morgan fingerprint density at radius 3 is 2.15 bits per heavy atom. The summed E-state index contributed by atoms with van der Waals surface area (Å²) >= 11 is 0. The fraction of sp³-hybridized carbons (Fsp3) is 0.200. The Hall–Kier alpha value is -2.93. The Bertz CT molecular complexity index is 1020. The molecule has 3 aromatic rings. The molecule has 0 aliphatic rings. The van der Waals surface area contributed by atoms with E-state index in [1.165, 1.54) is 0 Å². The van der Waals surface area contributed by atoms with Crippen LogP contribution in [0.5, 0.6) is 0 Å². The summed E-state index contributed by atoms with van der Waals surface area (Å²) in [6.07, 6.45) is 0. The lowest BCUT2D eigenvalue weighted by molar-refractivity contribution is 0.601. The Labute approximate surface area is 159 Å². The van der Waals surface area contributed by atoms with Crippen LogP contribution in [0.2, 0.25) is 0 Å². The van der Waals surface area contributed by atoms with Gasteiger partial charge in [-0.1, -0.05) is 36.4 Å². The first-order chi connectivity index (χ1) is 12.8. The lowest BCUT2D eigenvalue weighted by atomic mass is 10.1. The van der Waals surface area contributed by atoms with Crippen molar-refractivity contribution < 1.29 is 8.42 Å². The first kappa shape index (κ1) is 18.8. The maximum Gasteiger partial charge on any atom is 0.263 e. The summed E-state index contributed by atoms with van der Waals surface area (Å²) in [5.41, 5.74) is 3.08. The van der Waals surface area contributed by atoms with Gasteiger partial charge in [-0.3, -0.25) is 4.72 Å². The van der Waals surface area contributed by atoms with Crippen molar-refractivity contribution >= 4 is 21.7 Å². The van der Waals surface area contributed by atoms with E-state index < -0.39 is 10.0 Å². The van der Waals surface area contributed by atoms with Gasteiger partial charge in [-0.05, 0) is 61.7 Å². The van der Waals surface area contributed by atoms with Gasteiger partial charge in [0.25, 0.3) is 10.0 Å². The first-order valence-corrected chi connectivity index (χ1v) is 10.1. The maximum absolute atomic E-state index is 12.5. The SMILES string of the molecule is Cc1ccc(S(=O)(=O)Nc2ccc(NC(C)c3ccccc3)nn2)cc1C. The summed E-state index contributed by atoms with van der Waals surface area (Å²) < 4.78 is 27.5. The molecule has 27 heavy (non-hydrogen) atoms. The van der Waals surface area contributed by atoms with Gasteiger partial charge in [0.05, 0.1) is 4.90 Å². The molecule has 140 valence electrons. The molecule has 0 aliphatic carbocycles. The van der Waals surface area contributed by atoms with Crippen molar-refractivity contribution in [3.63, 3.8) is 0 Å². The summed E-state index contributed by atoms with van der Waals surface area (Å²) in [5, 5.41) is 11.3.